The smallest absolute Gasteiger partial charge is 0.387 e. The van der Waals surface area contributed by atoms with Crippen molar-refractivity contribution in [2.24, 2.45) is 0 Å². The molecule has 4 aromatic rings. The van der Waals surface area contributed by atoms with Gasteiger partial charge in [0.05, 0.1) is 16.8 Å². The summed E-state index contributed by atoms with van der Waals surface area (Å²) in [5, 5.41) is 13.5. The zero-order valence-corrected chi connectivity index (χ0v) is 20.0. The molecule has 2 aromatic carbocycles. The summed E-state index contributed by atoms with van der Waals surface area (Å²) in [4.78, 5) is 15.5. The molecule has 1 N–H and O–H groups in total. The standard InChI is InChI=1S/C27H24F3N3O4/c1-2-20-18(13-15-4-3-5-17(12-15)33-11-10-21(32-33)16-6-7-16)26(37-27(29)30)24-22(36-14-23(34)35)9-8-19(28)25(24)31-20/h3-5,8-12,16,27H,2,6-7,13-14H2,1H3,(H,34,35). The second-order valence-corrected chi connectivity index (χ2v) is 8.86. The topological polar surface area (TPSA) is 86.5 Å². The normalized spacial score (nSPS) is 13.3. The minimum atomic E-state index is -3.21. The highest BCUT2D eigenvalue weighted by atomic mass is 19.3. The molecule has 1 fully saturated rings. The zero-order chi connectivity index (χ0) is 26.1. The Labute approximate surface area is 210 Å². The molecule has 1 saturated carbocycles. The Morgan fingerprint density at radius 1 is 1.22 bits per heavy atom. The third-order valence-electron chi connectivity index (χ3n) is 6.24. The van der Waals surface area contributed by atoms with Gasteiger partial charge in [-0.25, -0.2) is 18.9 Å². The number of aliphatic carboxylic acids is 1. The summed E-state index contributed by atoms with van der Waals surface area (Å²) in [5.74, 6) is -1.91. The molecule has 2 heterocycles. The molecule has 0 aliphatic heterocycles. The van der Waals surface area contributed by atoms with Gasteiger partial charge in [0.15, 0.2) is 6.61 Å². The van der Waals surface area contributed by atoms with E-state index in [1.54, 1.807) is 11.6 Å². The first-order valence-electron chi connectivity index (χ1n) is 11.9. The summed E-state index contributed by atoms with van der Waals surface area (Å²) in [6, 6.07) is 11.7. The van der Waals surface area contributed by atoms with E-state index >= 15 is 0 Å². The Kier molecular flexibility index (Phi) is 6.73. The van der Waals surface area contributed by atoms with E-state index in [1.807, 2.05) is 36.5 Å². The van der Waals surface area contributed by atoms with E-state index in [2.05, 4.69) is 10.1 Å². The van der Waals surface area contributed by atoms with Crippen molar-refractivity contribution in [2.45, 2.75) is 45.1 Å². The number of alkyl halides is 2. The molecule has 1 aliphatic rings. The van der Waals surface area contributed by atoms with Gasteiger partial charge in [-0.1, -0.05) is 19.1 Å². The maximum Gasteiger partial charge on any atom is 0.387 e. The largest absolute Gasteiger partial charge is 0.481 e. The van der Waals surface area contributed by atoms with Crippen molar-refractivity contribution in [3.63, 3.8) is 0 Å². The molecule has 37 heavy (non-hydrogen) atoms. The number of carboxylic acid groups (broad SMARTS) is 1. The highest BCUT2D eigenvalue weighted by Crippen LogP contribution is 2.41. The van der Waals surface area contributed by atoms with E-state index in [0.717, 1.165) is 35.9 Å². The average Bonchev–Trinajstić information content (AvgIpc) is 3.60. The quantitative estimate of drug-likeness (QED) is 0.296. The number of hydrogen-bond acceptors (Lipinski definition) is 5. The lowest BCUT2D eigenvalue weighted by atomic mass is 9.98. The number of aromatic nitrogens is 3. The predicted octanol–water partition coefficient (Wildman–Crippen LogP) is 5.66. The van der Waals surface area contributed by atoms with Gasteiger partial charge in [-0.3, -0.25) is 0 Å². The van der Waals surface area contributed by atoms with E-state index in [0.29, 0.717) is 23.6 Å². The molecular weight excluding hydrogens is 487 g/mol. The predicted molar refractivity (Wildman–Crippen MR) is 129 cm³/mol. The van der Waals surface area contributed by atoms with Crippen LogP contribution in [0.25, 0.3) is 16.6 Å². The van der Waals surface area contributed by atoms with E-state index < -0.39 is 25.0 Å². The van der Waals surface area contributed by atoms with Crippen molar-refractivity contribution in [1.29, 1.82) is 0 Å². The van der Waals surface area contributed by atoms with Gasteiger partial charge in [-0.15, -0.1) is 0 Å². The van der Waals surface area contributed by atoms with E-state index in [-0.39, 0.29) is 28.8 Å². The van der Waals surface area contributed by atoms with E-state index in [4.69, 9.17) is 14.6 Å². The Balaban J connectivity index is 1.61. The Morgan fingerprint density at radius 3 is 2.73 bits per heavy atom. The molecule has 192 valence electrons. The molecule has 1 aliphatic carbocycles. The van der Waals surface area contributed by atoms with Crippen LogP contribution in [0, 0.1) is 5.82 Å². The third kappa shape index (κ3) is 5.23. The lowest BCUT2D eigenvalue weighted by Gasteiger charge is -2.19. The van der Waals surface area contributed by atoms with Crippen molar-refractivity contribution in [1.82, 2.24) is 14.8 Å². The highest BCUT2D eigenvalue weighted by Gasteiger charge is 2.26. The van der Waals surface area contributed by atoms with Crippen LogP contribution in [0.15, 0.2) is 48.7 Å². The Bertz CT molecular complexity index is 1470. The number of nitrogens with zero attached hydrogens (tertiary/aromatic N) is 3. The van der Waals surface area contributed by atoms with Crippen LogP contribution >= 0.6 is 0 Å². The summed E-state index contributed by atoms with van der Waals surface area (Å²) in [7, 11) is 0. The van der Waals surface area contributed by atoms with Crippen LogP contribution in [0.5, 0.6) is 11.5 Å². The third-order valence-corrected chi connectivity index (χ3v) is 6.24. The van der Waals surface area contributed by atoms with Crippen molar-refractivity contribution in [3.05, 3.63) is 77.0 Å². The summed E-state index contributed by atoms with van der Waals surface area (Å²) in [6.07, 6.45) is 4.65. The molecule has 0 saturated heterocycles. The molecule has 0 atom stereocenters. The number of pyridine rings is 1. The SMILES string of the molecule is CCc1nc2c(F)ccc(OCC(=O)O)c2c(OC(F)F)c1Cc1cccc(-n2ccc(C3CC3)n2)c1. The Hall–Kier alpha value is -4.08. The van der Waals surface area contributed by atoms with E-state index in [9.17, 15) is 18.0 Å². The summed E-state index contributed by atoms with van der Waals surface area (Å²) < 4.78 is 54.0. The number of fused-ring (bicyclic) bond motifs is 1. The number of benzene rings is 2. The van der Waals surface area contributed by atoms with E-state index in [1.165, 1.54) is 6.07 Å². The monoisotopic (exact) mass is 511 g/mol. The van der Waals surface area contributed by atoms with Crippen molar-refractivity contribution in [3.8, 4) is 17.2 Å². The average molecular weight is 512 g/mol. The van der Waals surface area contributed by atoms with Gasteiger partial charge < -0.3 is 14.6 Å². The fourth-order valence-corrected chi connectivity index (χ4v) is 4.41. The number of ether oxygens (including phenoxy) is 2. The molecule has 0 amide bonds. The van der Waals surface area contributed by atoms with Gasteiger partial charge in [0.1, 0.15) is 22.8 Å². The van der Waals surface area contributed by atoms with Crippen LogP contribution in [0.4, 0.5) is 13.2 Å². The number of carboxylic acids is 1. The molecular formula is C27H24F3N3O4. The fourth-order valence-electron chi connectivity index (χ4n) is 4.41. The van der Waals surface area contributed by atoms with Gasteiger partial charge in [0.25, 0.3) is 0 Å². The number of aryl methyl sites for hydroxylation is 1. The molecule has 10 heteroatoms. The summed E-state index contributed by atoms with van der Waals surface area (Å²) in [5.41, 5.74) is 3.14. The zero-order valence-electron chi connectivity index (χ0n) is 20.0. The van der Waals surface area contributed by atoms with Gasteiger partial charge in [-0.2, -0.15) is 13.9 Å². The van der Waals surface area contributed by atoms with Gasteiger partial charge in [-0.05, 0) is 55.2 Å². The molecule has 0 spiro atoms. The minimum Gasteiger partial charge on any atom is -0.481 e. The summed E-state index contributed by atoms with van der Waals surface area (Å²) >= 11 is 0. The van der Waals surface area contributed by atoms with Crippen molar-refractivity contribution in [2.75, 3.05) is 6.61 Å². The molecule has 0 unspecified atom stereocenters. The minimum absolute atomic E-state index is 0.108. The highest BCUT2D eigenvalue weighted by molar-refractivity contribution is 5.93. The number of carbonyl (C=O) groups is 1. The van der Waals surface area contributed by atoms with Crippen LogP contribution in [-0.2, 0) is 17.6 Å². The van der Waals surface area contributed by atoms with Gasteiger partial charge in [0.2, 0.25) is 0 Å². The lowest BCUT2D eigenvalue weighted by Crippen LogP contribution is -2.13. The number of rotatable bonds is 10. The number of hydrogen-bond donors (Lipinski definition) is 1. The fraction of sp³-hybridized carbons (Fsp3) is 0.296. The first-order chi connectivity index (χ1) is 17.8. The maximum atomic E-state index is 14.8. The van der Waals surface area contributed by atoms with Crippen molar-refractivity contribution < 1.29 is 32.5 Å². The number of halogens is 3. The molecule has 5 rings (SSSR count). The van der Waals surface area contributed by atoms with Crippen LogP contribution in [0.3, 0.4) is 0 Å². The van der Waals surface area contributed by atoms with Crippen LogP contribution < -0.4 is 9.47 Å². The first-order valence-corrected chi connectivity index (χ1v) is 11.9. The van der Waals surface area contributed by atoms with Crippen molar-refractivity contribution >= 4 is 16.9 Å². The summed E-state index contributed by atoms with van der Waals surface area (Å²) in [6.45, 7) is -2.17. The Morgan fingerprint density at radius 2 is 2.03 bits per heavy atom. The second kappa shape index (κ2) is 10.1. The molecule has 2 aromatic heterocycles. The second-order valence-electron chi connectivity index (χ2n) is 8.86. The van der Waals surface area contributed by atoms with Crippen LogP contribution in [0.1, 0.15) is 48.2 Å². The van der Waals surface area contributed by atoms with Crippen LogP contribution in [-0.4, -0.2) is 39.1 Å². The van der Waals surface area contributed by atoms with Crippen LogP contribution in [0.2, 0.25) is 0 Å². The molecule has 0 bridgehead atoms. The van der Waals surface area contributed by atoms with Gasteiger partial charge in [0, 0.05) is 29.8 Å². The molecule has 0 radical (unpaired) electrons. The van der Waals surface area contributed by atoms with Gasteiger partial charge >= 0.3 is 12.6 Å². The molecule has 7 nitrogen and oxygen atoms in total. The first kappa shape index (κ1) is 24.6. The lowest BCUT2D eigenvalue weighted by molar-refractivity contribution is -0.139. The maximum absolute atomic E-state index is 14.8.